The quantitative estimate of drug-likeness (QED) is 0.808. The summed E-state index contributed by atoms with van der Waals surface area (Å²) in [5.74, 6) is -0.0370. The Balaban J connectivity index is 2.48. The van der Waals surface area contributed by atoms with Crippen LogP contribution in [0.1, 0.15) is 39.0 Å². The molecule has 1 rings (SSSR count). The Morgan fingerprint density at radius 1 is 1.22 bits per heavy atom. The number of carbonyl (C=O) groups is 2. The molecule has 1 N–H and O–H groups in total. The van der Waals surface area contributed by atoms with Crippen molar-refractivity contribution in [3.8, 4) is 0 Å². The minimum atomic E-state index is -0.0982. The first-order chi connectivity index (χ1) is 8.54. The van der Waals surface area contributed by atoms with Crippen LogP contribution in [0.2, 0.25) is 0 Å². The molecule has 0 aromatic heterocycles. The van der Waals surface area contributed by atoms with Gasteiger partial charge in [-0.25, -0.2) is 4.79 Å². The van der Waals surface area contributed by atoms with Crippen LogP contribution in [0.25, 0.3) is 0 Å². The largest absolute Gasteiger partial charge is 0.347 e. The third-order valence-corrected chi connectivity index (χ3v) is 3.29. The van der Waals surface area contributed by atoms with Crippen molar-refractivity contribution in [3.05, 3.63) is 0 Å². The summed E-state index contributed by atoms with van der Waals surface area (Å²) >= 11 is 0. The zero-order valence-electron chi connectivity index (χ0n) is 11.7. The number of amides is 3. The molecule has 104 valence electrons. The van der Waals surface area contributed by atoms with E-state index in [-0.39, 0.29) is 18.5 Å². The molecule has 0 bridgehead atoms. The van der Waals surface area contributed by atoms with Gasteiger partial charge in [-0.05, 0) is 19.3 Å². The van der Waals surface area contributed by atoms with Crippen LogP contribution < -0.4 is 5.32 Å². The molecule has 5 heteroatoms. The lowest BCUT2D eigenvalue weighted by molar-refractivity contribution is -0.129. The fraction of sp³-hybridized carbons (Fsp3) is 0.846. The van der Waals surface area contributed by atoms with Crippen LogP contribution in [0.3, 0.4) is 0 Å². The van der Waals surface area contributed by atoms with Crippen LogP contribution in [0.5, 0.6) is 0 Å². The van der Waals surface area contributed by atoms with E-state index in [0.717, 1.165) is 19.3 Å². The van der Waals surface area contributed by atoms with Crippen LogP contribution in [0.15, 0.2) is 0 Å². The fourth-order valence-electron chi connectivity index (χ4n) is 2.16. The Hall–Kier alpha value is -1.26. The van der Waals surface area contributed by atoms with Crippen molar-refractivity contribution in [1.82, 2.24) is 15.1 Å². The van der Waals surface area contributed by atoms with Gasteiger partial charge in [0, 0.05) is 26.7 Å². The van der Waals surface area contributed by atoms with Gasteiger partial charge in [-0.2, -0.15) is 0 Å². The zero-order chi connectivity index (χ0) is 13.5. The van der Waals surface area contributed by atoms with Crippen molar-refractivity contribution in [2.45, 2.75) is 45.1 Å². The predicted octanol–water partition coefficient (Wildman–Crippen LogP) is 1.44. The minimum absolute atomic E-state index is 0.0370. The van der Waals surface area contributed by atoms with Gasteiger partial charge in [0.05, 0.1) is 0 Å². The number of likely N-dealkylation sites (N-methyl/N-ethyl adjacent to an activating group) is 1. The van der Waals surface area contributed by atoms with Crippen LogP contribution in [-0.4, -0.2) is 55.0 Å². The standard InChI is InChI=1S/C13H25N3O2/c1-4-9-16(10-12(17)15(2)3)13(18)14-11-7-5-6-8-11/h11H,4-10H2,1-3H3,(H,14,18). The maximum Gasteiger partial charge on any atom is 0.318 e. The van der Waals surface area contributed by atoms with Crippen LogP contribution in [-0.2, 0) is 4.79 Å². The Morgan fingerprint density at radius 3 is 2.33 bits per heavy atom. The summed E-state index contributed by atoms with van der Waals surface area (Å²) in [4.78, 5) is 26.9. The molecular weight excluding hydrogens is 230 g/mol. The van der Waals surface area contributed by atoms with Gasteiger partial charge >= 0.3 is 6.03 Å². The Labute approximate surface area is 110 Å². The molecule has 0 aliphatic heterocycles. The van der Waals surface area contributed by atoms with E-state index in [1.54, 1.807) is 19.0 Å². The number of hydrogen-bond donors (Lipinski definition) is 1. The van der Waals surface area contributed by atoms with E-state index >= 15 is 0 Å². The molecule has 0 aromatic rings. The van der Waals surface area contributed by atoms with Gasteiger partial charge in [-0.15, -0.1) is 0 Å². The molecule has 0 spiro atoms. The number of urea groups is 1. The number of carbonyl (C=O) groups excluding carboxylic acids is 2. The van der Waals surface area contributed by atoms with Gasteiger partial charge in [0.25, 0.3) is 0 Å². The number of nitrogens with one attached hydrogen (secondary N) is 1. The molecule has 1 saturated carbocycles. The Kier molecular flexibility index (Phi) is 5.95. The number of nitrogens with zero attached hydrogens (tertiary/aromatic N) is 2. The van der Waals surface area contributed by atoms with Crippen molar-refractivity contribution in [2.24, 2.45) is 0 Å². The predicted molar refractivity (Wildman–Crippen MR) is 71.3 cm³/mol. The van der Waals surface area contributed by atoms with Crippen LogP contribution in [0, 0.1) is 0 Å². The maximum atomic E-state index is 12.1. The van der Waals surface area contributed by atoms with Gasteiger partial charge < -0.3 is 15.1 Å². The lowest BCUT2D eigenvalue weighted by Gasteiger charge is -2.25. The molecule has 3 amide bonds. The highest BCUT2D eigenvalue weighted by atomic mass is 16.2. The summed E-state index contributed by atoms with van der Waals surface area (Å²) in [7, 11) is 3.42. The number of hydrogen-bond acceptors (Lipinski definition) is 2. The smallest absolute Gasteiger partial charge is 0.318 e. The molecule has 1 aliphatic rings. The molecular formula is C13H25N3O2. The highest BCUT2D eigenvalue weighted by Gasteiger charge is 2.22. The molecule has 1 fully saturated rings. The summed E-state index contributed by atoms with van der Waals surface area (Å²) in [6.45, 7) is 2.80. The second-order valence-electron chi connectivity index (χ2n) is 5.14. The zero-order valence-corrected chi connectivity index (χ0v) is 11.7. The monoisotopic (exact) mass is 255 g/mol. The van der Waals surface area contributed by atoms with Crippen LogP contribution >= 0.6 is 0 Å². The van der Waals surface area contributed by atoms with Crippen molar-refractivity contribution in [3.63, 3.8) is 0 Å². The highest BCUT2D eigenvalue weighted by Crippen LogP contribution is 2.17. The SMILES string of the molecule is CCCN(CC(=O)N(C)C)C(=O)NC1CCCC1. The summed E-state index contributed by atoms with van der Waals surface area (Å²) in [5.41, 5.74) is 0. The van der Waals surface area contributed by atoms with E-state index in [9.17, 15) is 9.59 Å². The summed E-state index contributed by atoms with van der Waals surface area (Å²) in [5, 5.41) is 3.02. The first-order valence-corrected chi connectivity index (χ1v) is 6.80. The highest BCUT2D eigenvalue weighted by molar-refractivity contribution is 5.83. The van der Waals surface area contributed by atoms with E-state index in [4.69, 9.17) is 0 Å². The third-order valence-electron chi connectivity index (χ3n) is 3.29. The first-order valence-electron chi connectivity index (χ1n) is 6.80. The summed E-state index contributed by atoms with van der Waals surface area (Å²) in [6, 6.07) is 0.199. The van der Waals surface area contributed by atoms with E-state index < -0.39 is 0 Å². The van der Waals surface area contributed by atoms with E-state index in [1.165, 1.54) is 17.7 Å². The van der Waals surface area contributed by atoms with Gasteiger partial charge in [0.2, 0.25) is 5.91 Å². The second kappa shape index (κ2) is 7.24. The van der Waals surface area contributed by atoms with Crippen molar-refractivity contribution >= 4 is 11.9 Å². The van der Waals surface area contributed by atoms with Gasteiger partial charge in [0.15, 0.2) is 0 Å². The molecule has 0 unspecified atom stereocenters. The van der Waals surface area contributed by atoms with Gasteiger partial charge in [-0.3, -0.25) is 4.79 Å². The third kappa shape index (κ3) is 4.55. The molecule has 0 atom stereocenters. The lowest BCUT2D eigenvalue weighted by Crippen LogP contribution is -2.48. The molecule has 0 radical (unpaired) electrons. The first kappa shape index (κ1) is 14.8. The summed E-state index contributed by atoms with van der Waals surface area (Å²) < 4.78 is 0. The van der Waals surface area contributed by atoms with Crippen molar-refractivity contribution in [1.29, 1.82) is 0 Å². The average Bonchev–Trinajstić information content (AvgIpc) is 2.80. The van der Waals surface area contributed by atoms with E-state index in [2.05, 4.69) is 5.32 Å². The molecule has 5 nitrogen and oxygen atoms in total. The van der Waals surface area contributed by atoms with Gasteiger partial charge in [0.1, 0.15) is 6.54 Å². The molecule has 0 heterocycles. The van der Waals surface area contributed by atoms with Crippen molar-refractivity contribution in [2.75, 3.05) is 27.2 Å². The van der Waals surface area contributed by atoms with E-state index in [1.807, 2.05) is 6.92 Å². The van der Waals surface area contributed by atoms with E-state index in [0.29, 0.717) is 12.6 Å². The van der Waals surface area contributed by atoms with Crippen molar-refractivity contribution < 1.29 is 9.59 Å². The van der Waals surface area contributed by atoms with Crippen LogP contribution in [0.4, 0.5) is 4.79 Å². The fourth-order valence-corrected chi connectivity index (χ4v) is 2.16. The number of rotatable bonds is 5. The lowest BCUT2D eigenvalue weighted by atomic mass is 10.2. The minimum Gasteiger partial charge on any atom is -0.347 e. The second-order valence-corrected chi connectivity index (χ2v) is 5.14. The Bertz CT molecular complexity index is 286. The topological polar surface area (TPSA) is 52.7 Å². The Morgan fingerprint density at radius 2 is 1.83 bits per heavy atom. The normalized spacial score (nSPS) is 15.5. The molecule has 0 saturated heterocycles. The molecule has 18 heavy (non-hydrogen) atoms. The summed E-state index contributed by atoms with van der Waals surface area (Å²) in [6.07, 6.45) is 5.37. The van der Waals surface area contributed by atoms with Gasteiger partial charge in [-0.1, -0.05) is 19.8 Å². The molecule has 1 aliphatic carbocycles. The maximum absolute atomic E-state index is 12.1. The molecule has 0 aromatic carbocycles. The average molecular weight is 255 g/mol.